The molecule has 0 heterocycles. The lowest BCUT2D eigenvalue weighted by molar-refractivity contribution is 0.159. The van der Waals surface area contributed by atoms with Gasteiger partial charge in [0.25, 0.3) is 0 Å². The first-order chi connectivity index (χ1) is 5.27. The van der Waals surface area contributed by atoms with Crippen molar-refractivity contribution >= 4 is 11.6 Å². The molecule has 0 aliphatic carbocycles. The smallest absolute Gasteiger partial charge is 0.108 e. The lowest BCUT2D eigenvalue weighted by Gasteiger charge is -2.02. The van der Waals surface area contributed by atoms with Crippen LogP contribution in [0.25, 0.3) is 0 Å². The van der Waals surface area contributed by atoms with E-state index in [1.807, 2.05) is 0 Å². The summed E-state index contributed by atoms with van der Waals surface area (Å²) in [5.41, 5.74) is 0. The molecule has 0 unspecified atom stereocenters. The molecule has 0 rings (SSSR count). The first kappa shape index (κ1) is 10.8. The molecule has 0 atom stereocenters. The quantitative estimate of drug-likeness (QED) is 0.460. The molecule has 0 fully saturated rings. The van der Waals surface area contributed by atoms with E-state index in [0.717, 1.165) is 18.9 Å². The Morgan fingerprint density at radius 2 is 2.18 bits per heavy atom. The second-order valence-electron chi connectivity index (χ2n) is 2.86. The van der Waals surface area contributed by atoms with Crippen molar-refractivity contribution in [1.82, 2.24) is 0 Å². The molecule has 2 heteroatoms. The van der Waals surface area contributed by atoms with E-state index in [9.17, 15) is 0 Å². The molecule has 0 aliphatic rings. The van der Waals surface area contributed by atoms with Crippen LogP contribution in [0.4, 0.5) is 0 Å². The van der Waals surface area contributed by atoms with Crippen molar-refractivity contribution in [3.05, 3.63) is 0 Å². The molecule has 0 aromatic rings. The fourth-order valence-corrected chi connectivity index (χ4v) is 0.799. The zero-order valence-electron chi connectivity index (χ0n) is 7.19. The van der Waals surface area contributed by atoms with Gasteiger partial charge in [-0.2, -0.15) is 0 Å². The van der Waals surface area contributed by atoms with Crippen LogP contribution in [0.2, 0.25) is 0 Å². The second kappa shape index (κ2) is 7.91. The van der Waals surface area contributed by atoms with Gasteiger partial charge in [0, 0.05) is 12.0 Å². The van der Waals surface area contributed by atoms with Crippen LogP contribution in [-0.2, 0) is 4.74 Å². The molecule has 0 saturated heterocycles. The highest BCUT2D eigenvalue weighted by molar-refractivity contribution is 6.30. The first-order valence-electron chi connectivity index (χ1n) is 3.93. The Morgan fingerprint density at radius 3 is 2.73 bits per heavy atom. The van der Waals surface area contributed by atoms with Crippen LogP contribution < -0.4 is 0 Å². The van der Waals surface area contributed by atoms with Gasteiger partial charge in [-0.05, 0) is 30.4 Å². The summed E-state index contributed by atoms with van der Waals surface area (Å²) >= 11 is 5.12. The van der Waals surface area contributed by atoms with E-state index in [4.69, 9.17) is 16.3 Å². The molecule has 1 nitrogen and oxygen atoms in total. The molecule has 0 amide bonds. The number of halogens is 1. The van der Waals surface area contributed by atoms with Gasteiger partial charge in [0.1, 0.15) is 6.61 Å². The van der Waals surface area contributed by atoms with Crippen LogP contribution in [0.5, 0.6) is 0 Å². The Labute approximate surface area is 74.1 Å². The average Bonchev–Trinajstić information content (AvgIpc) is 1.96. The maximum atomic E-state index is 5.17. The molecule has 64 valence electrons. The van der Waals surface area contributed by atoms with E-state index < -0.39 is 0 Å². The van der Waals surface area contributed by atoms with Gasteiger partial charge in [0.15, 0.2) is 0 Å². The summed E-state index contributed by atoms with van der Waals surface area (Å²) in [5.74, 6) is 3.39. The zero-order valence-corrected chi connectivity index (χ0v) is 7.95. The number of rotatable bonds is 5. The van der Waals surface area contributed by atoms with Gasteiger partial charge < -0.3 is 4.74 Å². The third-order valence-electron chi connectivity index (χ3n) is 1.31. The van der Waals surface area contributed by atoms with Crippen molar-refractivity contribution in [2.75, 3.05) is 13.2 Å². The summed E-state index contributed by atoms with van der Waals surface area (Å²) in [4.78, 5) is 0. The third-order valence-corrected chi connectivity index (χ3v) is 1.44. The van der Waals surface area contributed by atoms with Gasteiger partial charge in [-0.3, -0.25) is 0 Å². The largest absolute Gasteiger partial charge is 0.369 e. The van der Waals surface area contributed by atoms with Crippen LogP contribution >= 0.6 is 11.6 Å². The predicted octanol–water partition coefficient (Wildman–Crippen LogP) is 2.64. The molecular formula is C9H15ClO. The van der Waals surface area contributed by atoms with Crippen LogP contribution in [0, 0.1) is 17.2 Å². The lowest BCUT2D eigenvalue weighted by Crippen LogP contribution is -1.96. The summed E-state index contributed by atoms with van der Waals surface area (Å²) in [7, 11) is 0. The van der Waals surface area contributed by atoms with Gasteiger partial charge >= 0.3 is 0 Å². The highest BCUT2D eigenvalue weighted by Gasteiger charge is 1.92. The van der Waals surface area contributed by atoms with Gasteiger partial charge in [0.2, 0.25) is 0 Å². The average molecular weight is 175 g/mol. The highest BCUT2D eigenvalue weighted by Crippen LogP contribution is 2.02. The molecule has 0 bridgehead atoms. The van der Waals surface area contributed by atoms with Gasteiger partial charge in [-0.15, -0.1) is 0 Å². The summed E-state index contributed by atoms with van der Waals surface area (Å²) in [6, 6.07) is 0. The van der Waals surface area contributed by atoms with Crippen molar-refractivity contribution < 1.29 is 4.74 Å². The molecule has 0 N–H and O–H groups in total. The Hall–Kier alpha value is -0.190. The molecule has 0 spiro atoms. The first-order valence-corrected chi connectivity index (χ1v) is 4.31. The van der Waals surface area contributed by atoms with Crippen molar-refractivity contribution in [1.29, 1.82) is 0 Å². The number of ether oxygens (including phenoxy) is 1. The van der Waals surface area contributed by atoms with E-state index in [0.29, 0.717) is 6.61 Å². The van der Waals surface area contributed by atoms with E-state index in [2.05, 4.69) is 25.1 Å². The molecule has 0 radical (unpaired) electrons. The second-order valence-corrected chi connectivity index (χ2v) is 3.05. The fraction of sp³-hybridized carbons (Fsp3) is 0.778. The maximum absolute atomic E-state index is 5.17. The van der Waals surface area contributed by atoms with Crippen molar-refractivity contribution in [2.45, 2.75) is 26.7 Å². The highest BCUT2D eigenvalue weighted by atomic mass is 35.5. The fourth-order valence-electron chi connectivity index (χ4n) is 0.744. The van der Waals surface area contributed by atoms with E-state index in [1.54, 1.807) is 0 Å². The molecule has 0 saturated carbocycles. The van der Waals surface area contributed by atoms with E-state index in [-0.39, 0.29) is 0 Å². The van der Waals surface area contributed by atoms with Crippen LogP contribution in [0.15, 0.2) is 0 Å². The van der Waals surface area contributed by atoms with Crippen LogP contribution in [0.1, 0.15) is 26.7 Å². The van der Waals surface area contributed by atoms with Gasteiger partial charge in [-0.1, -0.05) is 19.8 Å². The minimum Gasteiger partial charge on any atom is -0.369 e. The zero-order chi connectivity index (χ0) is 8.53. The number of hydrogen-bond acceptors (Lipinski definition) is 1. The van der Waals surface area contributed by atoms with Crippen LogP contribution in [0.3, 0.4) is 0 Å². The monoisotopic (exact) mass is 174 g/mol. The molecule has 0 aromatic heterocycles. The van der Waals surface area contributed by atoms with Crippen molar-refractivity contribution in [2.24, 2.45) is 5.92 Å². The third kappa shape index (κ3) is 9.81. The Balaban J connectivity index is 2.95. The Kier molecular flexibility index (Phi) is 7.78. The van der Waals surface area contributed by atoms with E-state index >= 15 is 0 Å². The predicted molar refractivity (Wildman–Crippen MR) is 48.5 cm³/mol. The van der Waals surface area contributed by atoms with Crippen molar-refractivity contribution in [3.63, 3.8) is 0 Å². The minimum atomic E-state index is 0.460. The molecule has 0 aromatic carbocycles. The normalized spacial score (nSPS) is 9.45. The van der Waals surface area contributed by atoms with Gasteiger partial charge in [-0.25, -0.2) is 0 Å². The molecule has 11 heavy (non-hydrogen) atoms. The standard InChI is InChI=1S/C9H15ClO/c1-9(2)5-3-7-11-8-4-6-10/h9H,3,5,7-8H2,1-2H3. The van der Waals surface area contributed by atoms with E-state index in [1.165, 1.54) is 6.42 Å². The SMILES string of the molecule is CC(C)CCCOCC#CCl. The Morgan fingerprint density at radius 1 is 1.45 bits per heavy atom. The molecule has 0 aliphatic heterocycles. The van der Waals surface area contributed by atoms with Gasteiger partial charge in [0.05, 0.1) is 0 Å². The summed E-state index contributed by atoms with van der Waals surface area (Å²) in [5, 5.41) is 2.26. The minimum absolute atomic E-state index is 0.460. The summed E-state index contributed by atoms with van der Waals surface area (Å²) in [6.45, 7) is 5.67. The lowest BCUT2D eigenvalue weighted by atomic mass is 10.1. The van der Waals surface area contributed by atoms with Crippen LogP contribution in [-0.4, -0.2) is 13.2 Å². The number of hydrogen-bond donors (Lipinski definition) is 0. The molecular weight excluding hydrogens is 160 g/mol. The topological polar surface area (TPSA) is 9.23 Å². The summed E-state index contributed by atoms with van der Waals surface area (Å²) in [6.07, 6.45) is 2.33. The maximum Gasteiger partial charge on any atom is 0.108 e. The Bertz CT molecular complexity index is 132. The summed E-state index contributed by atoms with van der Waals surface area (Å²) < 4.78 is 5.17. The van der Waals surface area contributed by atoms with Crippen molar-refractivity contribution in [3.8, 4) is 11.3 Å².